The Kier molecular flexibility index (Phi) is 5.55. The molecule has 3 aromatic rings. The van der Waals surface area contributed by atoms with Crippen LogP contribution in [0.2, 0.25) is 0 Å². The second kappa shape index (κ2) is 8.22. The lowest BCUT2D eigenvalue weighted by Gasteiger charge is -2.10. The molecule has 0 fully saturated rings. The molecule has 8 nitrogen and oxygen atoms in total. The zero-order valence-electron chi connectivity index (χ0n) is 14.7. The summed E-state index contributed by atoms with van der Waals surface area (Å²) in [4.78, 5) is 25.5. The van der Waals surface area contributed by atoms with Gasteiger partial charge in [-0.3, -0.25) is 14.9 Å². The molecule has 0 aliphatic carbocycles. The molecule has 0 radical (unpaired) electrons. The zero-order valence-corrected chi connectivity index (χ0v) is 14.7. The summed E-state index contributed by atoms with van der Waals surface area (Å²) in [5.41, 5.74) is 2.04. The van der Waals surface area contributed by atoms with E-state index in [0.717, 1.165) is 16.5 Å². The first-order chi connectivity index (χ1) is 13.1. The van der Waals surface area contributed by atoms with Crippen LogP contribution in [0.1, 0.15) is 5.56 Å². The van der Waals surface area contributed by atoms with Crippen molar-refractivity contribution in [1.82, 2.24) is 10.3 Å². The second-order valence-electron chi connectivity index (χ2n) is 5.84. The smallest absolute Gasteiger partial charge is 0.273 e. The van der Waals surface area contributed by atoms with Crippen molar-refractivity contribution >= 4 is 22.5 Å². The van der Waals surface area contributed by atoms with Gasteiger partial charge in [-0.05, 0) is 24.1 Å². The number of nitrogens with one attached hydrogen (secondary N) is 2. The third-order valence-electron chi connectivity index (χ3n) is 4.11. The van der Waals surface area contributed by atoms with Gasteiger partial charge in [-0.1, -0.05) is 18.2 Å². The quantitative estimate of drug-likeness (QED) is 0.469. The lowest BCUT2D eigenvalue weighted by molar-refractivity contribution is -0.385. The highest BCUT2D eigenvalue weighted by molar-refractivity contribution is 5.83. The van der Waals surface area contributed by atoms with Gasteiger partial charge in [0.25, 0.3) is 11.6 Å². The van der Waals surface area contributed by atoms with Crippen LogP contribution in [0.15, 0.2) is 48.7 Å². The number of non-ortho nitro benzene ring substituents is 1. The molecule has 0 spiro atoms. The molecule has 0 saturated carbocycles. The van der Waals surface area contributed by atoms with Crippen LogP contribution < -0.4 is 14.8 Å². The summed E-state index contributed by atoms with van der Waals surface area (Å²) in [7, 11) is 1.43. The number of methoxy groups -OCH3 is 1. The van der Waals surface area contributed by atoms with E-state index >= 15 is 0 Å². The van der Waals surface area contributed by atoms with Crippen LogP contribution in [0, 0.1) is 10.1 Å². The molecule has 3 rings (SSSR count). The van der Waals surface area contributed by atoms with Crippen molar-refractivity contribution in [2.24, 2.45) is 0 Å². The number of nitro groups is 1. The SMILES string of the molecule is COc1ccc([N+](=O)[O-])cc1OCC(=O)NCCc1c[nH]c2ccccc12. The van der Waals surface area contributed by atoms with Crippen LogP contribution in [0.3, 0.4) is 0 Å². The largest absolute Gasteiger partial charge is 0.493 e. The number of H-pyrrole nitrogens is 1. The Hall–Kier alpha value is -3.55. The van der Waals surface area contributed by atoms with Crippen molar-refractivity contribution < 1.29 is 19.2 Å². The van der Waals surface area contributed by atoms with Crippen LogP contribution in [0.25, 0.3) is 10.9 Å². The number of rotatable bonds is 8. The maximum Gasteiger partial charge on any atom is 0.273 e. The summed E-state index contributed by atoms with van der Waals surface area (Å²) in [6.07, 6.45) is 2.61. The number of hydrogen-bond acceptors (Lipinski definition) is 5. The fraction of sp³-hybridized carbons (Fsp3) is 0.211. The summed E-state index contributed by atoms with van der Waals surface area (Å²) >= 11 is 0. The Morgan fingerprint density at radius 2 is 2.04 bits per heavy atom. The van der Waals surface area contributed by atoms with Gasteiger partial charge in [0.2, 0.25) is 0 Å². The lowest BCUT2D eigenvalue weighted by atomic mass is 10.1. The molecular formula is C19H19N3O5. The van der Waals surface area contributed by atoms with E-state index < -0.39 is 4.92 Å². The minimum absolute atomic E-state index is 0.134. The summed E-state index contributed by atoms with van der Waals surface area (Å²) in [6.45, 7) is 0.196. The van der Waals surface area contributed by atoms with Gasteiger partial charge in [-0.25, -0.2) is 0 Å². The second-order valence-corrected chi connectivity index (χ2v) is 5.84. The number of para-hydroxylation sites is 1. The van der Waals surface area contributed by atoms with Crippen molar-refractivity contribution in [3.8, 4) is 11.5 Å². The Bertz CT molecular complexity index is 967. The predicted octanol–water partition coefficient (Wildman–Crippen LogP) is 2.82. The van der Waals surface area contributed by atoms with E-state index in [9.17, 15) is 14.9 Å². The summed E-state index contributed by atoms with van der Waals surface area (Å²) < 4.78 is 10.5. The van der Waals surface area contributed by atoms with Crippen LogP contribution in [-0.2, 0) is 11.2 Å². The highest BCUT2D eigenvalue weighted by Crippen LogP contribution is 2.31. The average molecular weight is 369 g/mol. The first-order valence-electron chi connectivity index (χ1n) is 8.35. The van der Waals surface area contributed by atoms with Gasteiger partial charge < -0.3 is 19.8 Å². The van der Waals surface area contributed by atoms with Crippen molar-refractivity contribution in [1.29, 1.82) is 0 Å². The molecule has 1 heterocycles. The number of aromatic nitrogens is 1. The monoisotopic (exact) mass is 369 g/mol. The molecular weight excluding hydrogens is 350 g/mol. The van der Waals surface area contributed by atoms with E-state index in [2.05, 4.69) is 10.3 Å². The number of fused-ring (bicyclic) bond motifs is 1. The highest BCUT2D eigenvalue weighted by atomic mass is 16.6. The Labute approximate surface area is 155 Å². The number of benzene rings is 2. The normalized spacial score (nSPS) is 10.6. The van der Waals surface area contributed by atoms with Crippen LogP contribution >= 0.6 is 0 Å². The Morgan fingerprint density at radius 1 is 1.22 bits per heavy atom. The summed E-state index contributed by atoms with van der Waals surface area (Å²) in [6, 6.07) is 11.9. The van der Waals surface area contributed by atoms with Crippen LogP contribution in [0.5, 0.6) is 11.5 Å². The molecule has 0 atom stereocenters. The number of ether oxygens (including phenoxy) is 2. The van der Waals surface area contributed by atoms with Gasteiger partial charge in [-0.2, -0.15) is 0 Å². The Balaban J connectivity index is 1.53. The van der Waals surface area contributed by atoms with Gasteiger partial charge in [-0.15, -0.1) is 0 Å². The molecule has 27 heavy (non-hydrogen) atoms. The fourth-order valence-corrected chi connectivity index (χ4v) is 2.76. The van der Waals surface area contributed by atoms with E-state index in [1.165, 1.54) is 25.3 Å². The third-order valence-corrected chi connectivity index (χ3v) is 4.11. The number of aromatic amines is 1. The molecule has 1 amide bonds. The molecule has 0 saturated heterocycles. The summed E-state index contributed by atoms with van der Waals surface area (Å²) in [5, 5.41) is 14.8. The van der Waals surface area contributed by atoms with Crippen LogP contribution in [0.4, 0.5) is 5.69 Å². The molecule has 140 valence electrons. The van der Waals surface area contributed by atoms with Gasteiger partial charge in [0.15, 0.2) is 18.1 Å². The van der Waals surface area contributed by atoms with Crippen LogP contribution in [-0.4, -0.2) is 36.1 Å². The van der Waals surface area contributed by atoms with Crippen molar-refractivity contribution in [3.05, 3.63) is 64.3 Å². The zero-order chi connectivity index (χ0) is 19.2. The molecule has 8 heteroatoms. The lowest BCUT2D eigenvalue weighted by Crippen LogP contribution is -2.30. The molecule has 0 aliphatic heterocycles. The minimum atomic E-state index is -0.534. The average Bonchev–Trinajstić information content (AvgIpc) is 3.09. The number of carbonyl (C=O) groups excluding carboxylic acids is 1. The molecule has 1 aromatic heterocycles. The first-order valence-corrected chi connectivity index (χ1v) is 8.35. The van der Waals surface area contributed by atoms with Gasteiger partial charge >= 0.3 is 0 Å². The number of hydrogen-bond donors (Lipinski definition) is 2. The Morgan fingerprint density at radius 3 is 2.81 bits per heavy atom. The number of carbonyl (C=O) groups is 1. The van der Waals surface area contributed by atoms with Gasteiger partial charge in [0, 0.05) is 29.7 Å². The van der Waals surface area contributed by atoms with E-state index in [1.54, 1.807) is 0 Å². The molecule has 2 aromatic carbocycles. The van der Waals surface area contributed by atoms with E-state index in [0.29, 0.717) is 18.7 Å². The van der Waals surface area contributed by atoms with E-state index in [1.807, 2.05) is 30.5 Å². The molecule has 0 bridgehead atoms. The third kappa shape index (κ3) is 4.35. The van der Waals surface area contributed by atoms with Gasteiger partial charge in [0.1, 0.15) is 0 Å². The first kappa shape index (κ1) is 18.2. The minimum Gasteiger partial charge on any atom is -0.493 e. The topological polar surface area (TPSA) is 106 Å². The van der Waals surface area contributed by atoms with Crippen molar-refractivity contribution in [2.45, 2.75) is 6.42 Å². The molecule has 0 unspecified atom stereocenters. The van der Waals surface area contributed by atoms with Gasteiger partial charge in [0.05, 0.1) is 18.1 Å². The molecule has 2 N–H and O–H groups in total. The van der Waals surface area contributed by atoms with Crippen molar-refractivity contribution in [3.63, 3.8) is 0 Å². The predicted molar refractivity (Wildman–Crippen MR) is 100 cm³/mol. The fourth-order valence-electron chi connectivity index (χ4n) is 2.76. The number of amides is 1. The maximum absolute atomic E-state index is 12.0. The number of nitrogens with zero attached hydrogens (tertiary/aromatic N) is 1. The van der Waals surface area contributed by atoms with E-state index in [-0.39, 0.29) is 24.0 Å². The number of nitro benzene ring substituents is 1. The maximum atomic E-state index is 12.0. The highest BCUT2D eigenvalue weighted by Gasteiger charge is 2.14. The summed E-state index contributed by atoms with van der Waals surface area (Å²) in [5.74, 6) is 0.161. The molecule has 0 aliphatic rings. The standard InChI is InChI=1S/C19H19N3O5/c1-26-17-7-6-14(22(24)25)10-18(17)27-12-19(23)20-9-8-13-11-21-16-5-3-2-4-15(13)16/h2-7,10-11,21H,8-9,12H2,1H3,(H,20,23). The van der Waals surface area contributed by atoms with E-state index in [4.69, 9.17) is 9.47 Å². The van der Waals surface area contributed by atoms with Crippen molar-refractivity contribution in [2.75, 3.05) is 20.3 Å².